The zero-order valence-electron chi connectivity index (χ0n) is 18.8. The van der Waals surface area contributed by atoms with E-state index in [2.05, 4.69) is 10.6 Å². The Bertz CT molecular complexity index is 1180. The summed E-state index contributed by atoms with van der Waals surface area (Å²) in [7, 11) is -3.69. The smallest absolute Gasteiger partial charge is 0.325 e. The van der Waals surface area contributed by atoms with Gasteiger partial charge in [-0.1, -0.05) is 36.4 Å². The van der Waals surface area contributed by atoms with Gasteiger partial charge in [0.05, 0.1) is 5.75 Å². The Balaban J connectivity index is 1.62. The van der Waals surface area contributed by atoms with E-state index in [-0.39, 0.29) is 18.7 Å². The molecule has 0 bridgehead atoms. The largest absolute Gasteiger partial charge is 0.454 e. The zero-order valence-corrected chi connectivity index (χ0v) is 19.6. The van der Waals surface area contributed by atoms with Crippen molar-refractivity contribution >= 4 is 33.6 Å². The molecule has 10 heteroatoms. The van der Waals surface area contributed by atoms with Crippen molar-refractivity contribution in [3.8, 4) is 0 Å². The Kier molecular flexibility index (Phi) is 7.50. The summed E-state index contributed by atoms with van der Waals surface area (Å²) in [5, 5.41) is 4.68. The minimum Gasteiger partial charge on any atom is -0.454 e. The lowest BCUT2D eigenvalue weighted by molar-refractivity contribution is -0.152. The predicted octanol–water partition coefficient (Wildman–Crippen LogP) is 2.27. The van der Waals surface area contributed by atoms with Gasteiger partial charge < -0.3 is 10.1 Å². The standard InChI is InChI=1S/C23H27N3O6S/c1-4-33(30,31)26-13-18-10-6-5-9-17(18)12-20(26)22(28)32-14-21(27)25-23(29)24-19-11-7-8-15(2)16(19)3/h5-11,20H,4,12-14H2,1-3H3,(H2,24,25,27,29)/t20-/m0/s1. The zero-order chi connectivity index (χ0) is 24.2. The minimum absolute atomic E-state index is 0.0521. The molecule has 0 saturated carbocycles. The fourth-order valence-electron chi connectivity index (χ4n) is 3.59. The minimum atomic E-state index is -3.69. The fraction of sp³-hybridized carbons (Fsp3) is 0.348. The molecule has 0 aliphatic carbocycles. The highest BCUT2D eigenvalue weighted by molar-refractivity contribution is 7.89. The third-order valence-electron chi connectivity index (χ3n) is 5.65. The number of nitrogens with one attached hydrogen (secondary N) is 2. The normalized spacial score (nSPS) is 15.9. The van der Waals surface area contributed by atoms with E-state index in [0.29, 0.717) is 5.69 Å². The van der Waals surface area contributed by atoms with E-state index >= 15 is 0 Å². The number of urea groups is 1. The number of aryl methyl sites for hydroxylation is 1. The molecule has 9 nitrogen and oxygen atoms in total. The first-order valence-electron chi connectivity index (χ1n) is 10.5. The molecule has 1 aliphatic rings. The summed E-state index contributed by atoms with van der Waals surface area (Å²) in [5.41, 5.74) is 4.06. The number of hydrogen-bond donors (Lipinski definition) is 2. The lowest BCUT2D eigenvalue weighted by Crippen LogP contribution is -2.50. The molecule has 3 amide bonds. The summed E-state index contributed by atoms with van der Waals surface area (Å²) >= 11 is 0. The first-order chi connectivity index (χ1) is 15.6. The van der Waals surface area contributed by atoms with Crippen molar-refractivity contribution in [3.63, 3.8) is 0 Å². The highest BCUT2D eigenvalue weighted by atomic mass is 32.2. The number of amides is 3. The molecule has 1 aliphatic heterocycles. The molecule has 2 aromatic carbocycles. The molecule has 2 aromatic rings. The van der Waals surface area contributed by atoms with Crippen LogP contribution in [0.15, 0.2) is 42.5 Å². The second-order valence-corrected chi connectivity index (χ2v) is 10.0. The van der Waals surface area contributed by atoms with Gasteiger partial charge in [0.1, 0.15) is 6.04 Å². The summed E-state index contributed by atoms with van der Waals surface area (Å²) in [4.78, 5) is 37.0. The Morgan fingerprint density at radius 3 is 2.45 bits per heavy atom. The van der Waals surface area contributed by atoms with Crippen molar-refractivity contribution in [2.24, 2.45) is 0 Å². The molecule has 2 N–H and O–H groups in total. The van der Waals surface area contributed by atoms with Crippen LogP contribution in [0.3, 0.4) is 0 Å². The number of carbonyl (C=O) groups excluding carboxylic acids is 3. The van der Waals surface area contributed by atoms with Gasteiger partial charge in [0.15, 0.2) is 6.61 Å². The van der Waals surface area contributed by atoms with Crippen LogP contribution in [-0.4, -0.2) is 49.0 Å². The summed E-state index contributed by atoms with van der Waals surface area (Å²) in [5.74, 6) is -1.84. The summed E-state index contributed by atoms with van der Waals surface area (Å²) < 4.78 is 31.3. The number of carbonyl (C=O) groups is 3. The maximum absolute atomic E-state index is 12.7. The van der Waals surface area contributed by atoms with Gasteiger partial charge in [-0.05, 0) is 49.1 Å². The van der Waals surface area contributed by atoms with E-state index in [0.717, 1.165) is 26.6 Å². The van der Waals surface area contributed by atoms with Crippen LogP contribution in [0.1, 0.15) is 29.2 Å². The van der Waals surface area contributed by atoms with Gasteiger partial charge in [-0.25, -0.2) is 13.2 Å². The second kappa shape index (κ2) is 10.1. The SMILES string of the molecule is CCS(=O)(=O)N1Cc2ccccc2C[C@H]1C(=O)OCC(=O)NC(=O)Nc1cccc(C)c1C. The number of anilines is 1. The van der Waals surface area contributed by atoms with Crippen molar-refractivity contribution in [2.75, 3.05) is 17.7 Å². The summed E-state index contributed by atoms with van der Waals surface area (Å²) in [6.07, 6.45) is 0.142. The average Bonchev–Trinajstić information content (AvgIpc) is 2.79. The van der Waals surface area contributed by atoms with Gasteiger partial charge in [-0.3, -0.25) is 14.9 Å². The number of sulfonamides is 1. The van der Waals surface area contributed by atoms with Crippen molar-refractivity contribution in [2.45, 2.75) is 39.8 Å². The number of benzene rings is 2. The molecule has 0 aromatic heterocycles. The van der Waals surface area contributed by atoms with Crippen molar-refractivity contribution in [3.05, 3.63) is 64.7 Å². The summed E-state index contributed by atoms with van der Waals surface area (Å²) in [6, 6.07) is 10.8. The molecule has 176 valence electrons. The van der Waals surface area contributed by atoms with Crippen LogP contribution in [0.4, 0.5) is 10.5 Å². The molecule has 0 saturated heterocycles. The maximum Gasteiger partial charge on any atom is 0.325 e. The van der Waals surface area contributed by atoms with Crippen molar-refractivity contribution in [1.29, 1.82) is 0 Å². The number of esters is 1. The van der Waals surface area contributed by atoms with Crippen LogP contribution in [0.25, 0.3) is 0 Å². The molecule has 33 heavy (non-hydrogen) atoms. The van der Waals surface area contributed by atoms with E-state index in [1.807, 2.05) is 44.2 Å². The highest BCUT2D eigenvalue weighted by Gasteiger charge is 2.39. The van der Waals surface area contributed by atoms with Crippen molar-refractivity contribution in [1.82, 2.24) is 9.62 Å². The van der Waals surface area contributed by atoms with Crippen LogP contribution >= 0.6 is 0 Å². The molecule has 3 rings (SSSR count). The van der Waals surface area contributed by atoms with Crippen LogP contribution in [-0.2, 0) is 37.3 Å². The Morgan fingerprint density at radius 1 is 1.06 bits per heavy atom. The van der Waals surface area contributed by atoms with Gasteiger partial charge in [0, 0.05) is 18.7 Å². The molecular formula is C23H27N3O6S. The van der Waals surface area contributed by atoms with Crippen LogP contribution in [0, 0.1) is 13.8 Å². The van der Waals surface area contributed by atoms with E-state index in [4.69, 9.17) is 4.74 Å². The molecule has 1 atom stereocenters. The first kappa shape index (κ1) is 24.4. The molecule has 0 radical (unpaired) electrons. The van der Waals surface area contributed by atoms with Gasteiger partial charge in [-0.2, -0.15) is 4.31 Å². The van der Waals surface area contributed by atoms with Crippen LogP contribution in [0.5, 0.6) is 0 Å². The van der Waals surface area contributed by atoms with Gasteiger partial charge in [-0.15, -0.1) is 0 Å². The number of hydrogen-bond acceptors (Lipinski definition) is 6. The second-order valence-electron chi connectivity index (χ2n) is 7.79. The van der Waals surface area contributed by atoms with E-state index < -0.39 is 40.6 Å². The summed E-state index contributed by atoms with van der Waals surface area (Å²) in [6.45, 7) is 4.58. The monoisotopic (exact) mass is 473 g/mol. The lowest BCUT2D eigenvalue weighted by atomic mass is 9.96. The van der Waals surface area contributed by atoms with E-state index in [1.165, 1.54) is 6.92 Å². The molecule has 0 spiro atoms. The van der Waals surface area contributed by atoms with E-state index in [9.17, 15) is 22.8 Å². The number of rotatable bonds is 6. The number of ether oxygens (including phenoxy) is 1. The Hall–Kier alpha value is -3.24. The maximum atomic E-state index is 12.7. The van der Waals surface area contributed by atoms with Gasteiger partial charge >= 0.3 is 12.0 Å². The third kappa shape index (κ3) is 5.77. The predicted molar refractivity (Wildman–Crippen MR) is 123 cm³/mol. The fourth-order valence-corrected chi connectivity index (χ4v) is 4.81. The highest BCUT2D eigenvalue weighted by Crippen LogP contribution is 2.26. The Morgan fingerprint density at radius 2 is 1.76 bits per heavy atom. The number of imide groups is 1. The lowest BCUT2D eigenvalue weighted by Gasteiger charge is -2.34. The third-order valence-corrected chi connectivity index (χ3v) is 7.48. The molecule has 0 unspecified atom stereocenters. The average molecular weight is 474 g/mol. The van der Waals surface area contributed by atoms with E-state index in [1.54, 1.807) is 12.1 Å². The van der Waals surface area contributed by atoms with Crippen LogP contribution in [0.2, 0.25) is 0 Å². The topological polar surface area (TPSA) is 122 Å². The van der Waals surface area contributed by atoms with Crippen molar-refractivity contribution < 1.29 is 27.5 Å². The number of fused-ring (bicyclic) bond motifs is 1. The Labute approximate surface area is 193 Å². The van der Waals surface area contributed by atoms with Crippen LogP contribution < -0.4 is 10.6 Å². The quantitative estimate of drug-likeness (QED) is 0.621. The molecular weight excluding hydrogens is 446 g/mol. The molecule has 1 heterocycles. The number of nitrogens with zero attached hydrogens (tertiary/aromatic N) is 1. The molecule has 0 fully saturated rings. The van der Waals surface area contributed by atoms with Gasteiger partial charge in [0.2, 0.25) is 10.0 Å². The first-order valence-corrected chi connectivity index (χ1v) is 12.1. The van der Waals surface area contributed by atoms with Gasteiger partial charge in [0.25, 0.3) is 5.91 Å².